The molecule has 0 saturated carbocycles. The largest absolute Gasteiger partial charge is 0.339 e. The number of fused-ring (bicyclic) bond motifs is 1. The number of hydrogen-bond donors (Lipinski definition) is 0. The maximum absolute atomic E-state index is 4.68. The van der Waals surface area contributed by atoms with Crippen LogP contribution in [-0.4, -0.2) is 9.55 Å². The number of aryl methyl sites for hydroxylation is 1. The highest BCUT2D eigenvalue weighted by Gasteiger charge is 2.15. The SMILES string of the molecule is CC(C)=CCn1c(C)c(C)c2ccnc(-c3ccccc3)c21.Cl. The Bertz CT molecular complexity index is 841. The minimum Gasteiger partial charge on any atom is -0.339 e. The van der Waals surface area contributed by atoms with E-state index in [2.05, 4.69) is 73.7 Å². The third-order valence-corrected chi connectivity index (χ3v) is 4.28. The Morgan fingerprint density at radius 2 is 1.78 bits per heavy atom. The summed E-state index contributed by atoms with van der Waals surface area (Å²) in [6, 6.07) is 12.6. The zero-order chi connectivity index (χ0) is 15.7. The molecule has 0 amide bonds. The lowest BCUT2D eigenvalue weighted by atomic mass is 10.1. The van der Waals surface area contributed by atoms with E-state index in [-0.39, 0.29) is 12.4 Å². The predicted octanol–water partition coefficient (Wildman–Crippen LogP) is 5.71. The summed E-state index contributed by atoms with van der Waals surface area (Å²) in [4.78, 5) is 4.68. The lowest BCUT2D eigenvalue weighted by Gasteiger charge is -2.09. The van der Waals surface area contributed by atoms with Gasteiger partial charge in [-0.15, -0.1) is 12.4 Å². The molecule has 0 aliphatic carbocycles. The lowest BCUT2D eigenvalue weighted by molar-refractivity contribution is 0.816. The number of rotatable bonds is 3. The summed E-state index contributed by atoms with van der Waals surface area (Å²) in [6.45, 7) is 9.58. The van der Waals surface area contributed by atoms with Crippen molar-refractivity contribution >= 4 is 23.3 Å². The lowest BCUT2D eigenvalue weighted by Crippen LogP contribution is -2.00. The molecule has 0 spiro atoms. The normalized spacial score (nSPS) is 10.4. The monoisotopic (exact) mass is 326 g/mol. The first-order valence-corrected chi connectivity index (χ1v) is 7.72. The van der Waals surface area contributed by atoms with Gasteiger partial charge in [0.25, 0.3) is 0 Å². The molecule has 0 bridgehead atoms. The fourth-order valence-corrected chi connectivity index (χ4v) is 2.90. The fraction of sp³-hybridized carbons (Fsp3) is 0.250. The quantitative estimate of drug-likeness (QED) is 0.564. The van der Waals surface area contributed by atoms with E-state index in [9.17, 15) is 0 Å². The number of pyridine rings is 1. The molecule has 0 unspecified atom stereocenters. The average Bonchev–Trinajstić information content (AvgIpc) is 2.78. The molecule has 0 fully saturated rings. The number of allylic oxidation sites excluding steroid dienone is 2. The minimum atomic E-state index is 0. The highest BCUT2D eigenvalue weighted by Crippen LogP contribution is 2.32. The van der Waals surface area contributed by atoms with Gasteiger partial charge in [0, 0.05) is 29.4 Å². The van der Waals surface area contributed by atoms with Crippen LogP contribution in [0.4, 0.5) is 0 Å². The van der Waals surface area contributed by atoms with Gasteiger partial charge >= 0.3 is 0 Å². The Kier molecular flexibility index (Phi) is 5.27. The molecular weight excluding hydrogens is 304 g/mol. The van der Waals surface area contributed by atoms with Gasteiger partial charge in [0.05, 0.1) is 11.2 Å². The molecule has 2 aromatic heterocycles. The second kappa shape index (κ2) is 7.01. The van der Waals surface area contributed by atoms with Crippen molar-refractivity contribution in [2.24, 2.45) is 0 Å². The second-order valence-corrected chi connectivity index (χ2v) is 6.02. The van der Waals surface area contributed by atoms with Gasteiger partial charge in [0.1, 0.15) is 0 Å². The van der Waals surface area contributed by atoms with Crippen molar-refractivity contribution in [3.8, 4) is 11.3 Å². The van der Waals surface area contributed by atoms with Crippen molar-refractivity contribution in [2.75, 3.05) is 0 Å². The molecule has 120 valence electrons. The van der Waals surface area contributed by atoms with Crippen LogP contribution >= 0.6 is 12.4 Å². The van der Waals surface area contributed by atoms with Crippen molar-refractivity contribution in [2.45, 2.75) is 34.2 Å². The van der Waals surface area contributed by atoms with E-state index in [1.54, 1.807) is 0 Å². The summed E-state index contributed by atoms with van der Waals surface area (Å²) < 4.78 is 2.38. The molecule has 0 radical (unpaired) electrons. The first-order chi connectivity index (χ1) is 10.6. The molecule has 0 aliphatic rings. The number of halogens is 1. The van der Waals surface area contributed by atoms with Gasteiger partial charge in [-0.2, -0.15) is 0 Å². The van der Waals surface area contributed by atoms with Crippen LogP contribution in [0.2, 0.25) is 0 Å². The Morgan fingerprint density at radius 3 is 2.43 bits per heavy atom. The van der Waals surface area contributed by atoms with Crippen LogP contribution in [0.25, 0.3) is 22.2 Å². The van der Waals surface area contributed by atoms with Crippen LogP contribution in [0, 0.1) is 13.8 Å². The van der Waals surface area contributed by atoms with Gasteiger partial charge in [-0.3, -0.25) is 4.98 Å². The standard InChI is InChI=1S/C20H22N2.ClH/c1-14(2)11-13-22-16(4)15(3)18-10-12-21-19(20(18)22)17-8-6-5-7-9-17;/h5-12H,13H2,1-4H3;1H. The molecule has 0 N–H and O–H groups in total. The highest BCUT2D eigenvalue weighted by molar-refractivity contribution is 5.95. The van der Waals surface area contributed by atoms with E-state index in [4.69, 9.17) is 0 Å². The molecular formula is C20H23ClN2. The maximum Gasteiger partial charge on any atom is 0.0945 e. The molecule has 3 aromatic rings. The topological polar surface area (TPSA) is 17.8 Å². The minimum absolute atomic E-state index is 0. The number of aromatic nitrogens is 2. The van der Waals surface area contributed by atoms with E-state index in [0.29, 0.717) is 0 Å². The number of benzene rings is 1. The van der Waals surface area contributed by atoms with Crippen LogP contribution in [0.5, 0.6) is 0 Å². The molecule has 2 heterocycles. The van der Waals surface area contributed by atoms with Gasteiger partial charge in [0.2, 0.25) is 0 Å². The van der Waals surface area contributed by atoms with Crippen molar-refractivity contribution in [3.05, 3.63) is 65.5 Å². The Morgan fingerprint density at radius 1 is 1.09 bits per heavy atom. The van der Waals surface area contributed by atoms with E-state index >= 15 is 0 Å². The highest BCUT2D eigenvalue weighted by atomic mass is 35.5. The first kappa shape index (κ1) is 17.3. The molecule has 0 aliphatic heterocycles. The summed E-state index contributed by atoms with van der Waals surface area (Å²) in [5.74, 6) is 0. The molecule has 0 saturated heterocycles. The van der Waals surface area contributed by atoms with Gasteiger partial charge in [-0.1, -0.05) is 42.0 Å². The number of hydrogen-bond acceptors (Lipinski definition) is 1. The molecule has 3 rings (SSSR count). The van der Waals surface area contributed by atoms with Crippen LogP contribution in [-0.2, 0) is 6.54 Å². The van der Waals surface area contributed by atoms with Crippen LogP contribution < -0.4 is 0 Å². The third kappa shape index (κ3) is 3.18. The van der Waals surface area contributed by atoms with Crippen molar-refractivity contribution < 1.29 is 0 Å². The zero-order valence-electron chi connectivity index (χ0n) is 14.1. The molecule has 0 atom stereocenters. The molecule has 2 nitrogen and oxygen atoms in total. The predicted molar refractivity (Wildman–Crippen MR) is 101 cm³/mol. The van der Waals surface area contributed by atoms with Crippen molar-refractivity contribution in [1.82, 2.24) is 9.55 Å². The van der Waals surface area contributed by atoms with Crippen molar-refractivity contribution in [3.63, 3.8) is 0 Å². The first-order valence-electron chi connectivity index (χ1n) is 7.72. The summed E-state index contributed by atoms with van der Waals surface area (Å²) in [5, 5.41) is 1.30. The maximum atomic E-state index is 4.68. The molecule has 3 heteroatoms. The number of nitrogens with zero attached hydrogens (tertiary/aromatic N) is 2. The molecule has 23 heavy (non-hydrogen) atoms. The van der Waals surface area contributed by atoms with E-state index in [1.165, 1.54) is 33.3 Å². The third-order valence-electron chi connectivity index (χ3n) is 4.28. The average molecular weight is 327 g/mol. The van der Waals surface area contributed by atoms with E-state index in [0.717, 1.165) is 12.2 Å². The Hall–Kier alpha value is -2.06. The van der Waals surface area contributed by atoms with Gasteiger partial charge < -0.3 is 4.57 Å². The van der Waals surface area contributed by atoms with Crippen LogP contribution in [0.15, 0.2) is 54.2 Å². The second-order valence-electron chi connectivity index (χ2n) is 6.02. The zero-order valence-corrected chi connectivity index (χ0v) is 14.9. The van der Waals surface area contributed by atoms with Gasteiger partial charge in [-0.05, 0) is 39.3 Å². The smallest absolute Gasteiger partial charge is 0.0945 e. The molecule has 1 aromatic carbocycles. The fourth-order valence-electron chi connectivity index (χ4n) is 2.90. The van der Waals surface area contributed by atoms with Gasteiger partial charge in [0.15, 0.2) is 0 Å². The van der Waals surface area contributed by atoms with Crippen LogP contribution in [0.3, 0.4) is 0 Å². The summed E-state index contributed by atoms with van der Waals surface area (Å²) >= 11 is 0. The summed E-state index contributed by atoms with van der Waals surface area (Å²) in [5.41, 5.74) is 7.47. The summed E-state index contributed by atoms with van der Waals surface area (Å²) in [6.07, 6.45) is 4.19. The summed E-state index contributed by atoms with van der Waals surface area (Å²) in [7, 11) is 0. The van der Waals surface area contributed by atoms with E-state index < -0.39 is 0 Å². The Balaban J connectivity index is 0.00000192. The van der Waals surface area contributed by atoms with Crippen molar-refractivity contribution in [1.29, 1.82) is 0 Å². The Labute approximate surface area is 144 Å². The van der Waals surface area contributed by atoms with Crippen LogP contribution in [0.1, 0.15) is 25.1 Å². The van der Waals surface area contributed by atoms with E-state index in [1.807, 2.05) is 12.3 Å². The van der Waals surface area contributed by atoms with Gasteiger partial charge in [-0.25, -0.2) is 0 Å².